The molecular formula is C8H15NO6. The van der Waals surface area contributed by atoms with E-state index >= 15 is 0 Å². The van der Waals surface area contributed by atoms with Crippen LogP contribution in [0.1, 0.15) is 13.8 Å². The van der Waals surface area contributed by atoms with Crippen LogP contribution in [0.2, 0.25) is 0 Å². The first-order valence-corrected chi connectivity index (χ1v) is 4.12. The standard InChI is InChI=1S/C4H9NO2.C4H6O4/c1-3(2-5)4(6)7;1-2(3(5)6)4(7)8/h3H,2,5H2,1H3,(H,6,7);2H,1H3,(H,5,6)(H,7,8). The van der Waals surface area contributed by atoms with E-state index in [0.29, 0.717) is 0 Å². The monoisotopic (exact) mass is 221 g/mol. The summed E-state index contributed by atoms with van der Waals surface area (Å²) in [6.07, 6.45) is 0. The van der Waals surface area contributed by atoms with E-state index in [4.69, 9.17) is 21.1 Å². The van der Waals surface area contributed by atoms with Gasteiger partial charge in [-0.25, -0.2) is 0 Å². The van der Waals surface area contributed by atoms with Crippen molar-refractivity contribution >= 4 is 17.9 Å². The number of hydrogen-bond acceptors (Lipinski definition) is 4. The fourth-order valence-corrected chi connectivity index (χ4v) is 0.206. The lowest BCUT2D eigenvalue weighted by molar-refractivity contribution is -0.153. The van der Waals surface area contributed by atoms with Gasteiger partial charge in [0.1, 0.15) is 0 Å². The number of carboxylic acid groups (broad SMARTS) is 3. The maximum Gasteiger partial charge on any atom is 0.317 e. The number of carboxylic acids is 3. The highest BCUT2D eigenvalue weighted by Gasteiger charge is 2.18. The molecule has 15 heavy (non-hydrogen) atoms. The molecule has 0 bridgehead atoms. The first-order valence-electron chi connectivity index (χ1n) is 4.12. The van der Waals surface area contributed by atoms with Crippen LogP contribution >= 0.6 is 0 Å². The van der Waals surface area contributed by atoms with Crippen molar-refractivity contribution < 1.29 is 29.7 Å². The third-order valence-electron chi connectivity index (χ3n) is 1.52. The molecule has 0 aliphatic heterocycles. The van der Waals surface area contributed by atoms with E-state index in [9.17, 15) is 14.4 Å². The molecule has 0 fully saturated rings. The topological polar surface area (TPSA) is 138 Å². The molecule has 1 atom stereocenters. The molecule has 0 saturated carbocycles. The summed E-state index contributed by atoms with van der Waals surface area (Å²) >= 11 is 0. The summed E-state index contributed by atoms with van der Waals surface area (Å²) in [5.74, 6) is -5.15. The van der Waals surface area contributed by atoms with E-state index in [0.717, 1.165) is 6.92 Å². The number of aliphatic carboxylic acids is 3. The van der Waals surface area contributed by atoms with E-state index < -0.39 is 29.7 Å². The first kappa shape index (κ1) is 15.8. The van der Waals surface area contributed by atoms with Crippen LogP contribution < -0.4 is 5.73 Å². The molecule has 88 valence electrons. The average molecular weight is 221 g/mol. The number of carbonyl (C=O) groups is 3. The zero-order chi connectivity index (χ0) is 12.6. The van der Waals surface area contributed by atoms with Gasteiger partial charge in [0, 0.05) is 6.54 Å². The van der Waals surface area contributed by atoms with Crippen molar-refractivity contribution in [2.75, 3.05) is 6.54 Å². The first-order chi connectivity index (χ1) is 6.73. The maximum absolute atomic E-state index is 9.85. The minimum atomic E-state index is -1.31. The van der Waals surface area contributed by atoms with Crippen LogP contribution in [-0.2, 0) is 14.4 Å². The molecule has 0 aromatic heterocycles. The van der Waals surface area contributed by atoms with Crippen LogP contribution in [0.25, 0.3) is 0 Å². The average Bonchev–Trinajstić information content (AvgIpc) is 2.15. The Morgan fingerprint density at radius 1 is 1.00 bits per heavy atom. The van der Waals surface area contributed by atoms with E-state index in [1.807, 2.05) is 0 Å². The molecule has 0 rings (SSSR count). The third kappa shape index (κ3) is 8.69. The zero-order valence-electron chi connectivity index (χ0n) is 8.51. The minimum Gasteiger partial charge on any atom is -0.481 e. The second-order valence-corrected chi connectivity index (χ2v) is 2.87. The van der Waals surface area contributed by atoms with Crippen molar-refractivity contribution in [2.24, 2.45) is 17.6 Å². The normalized spacial score (nSPS) is 11.2. The molecule has 0 aromatic carbocycles. The van der Waals surface area contributed by atoms with Crippen molar-refractivity contribution in [1.29, 1.82) is 0 Å². The second-order valence-electron chi connectivity index (χ2n) is 2.87. The van der Waals surface area contributed by atoms with Crippen molar-refractivity contribution in [1.82, 2.24) is 0 Å². The lowest BCUT2D eigenvalue weighted by Gasteiger charge is -1.96. The van der Waals surface area contributed by atoms with Gasteiger partial charge in [-0.3, -0.25) is 14.4 Å². The van der Waals surface area contributed by atoms with E-state index in [1.54, 1.807) is 6.92 Å². The third-order valence-corrected chi connectivity index (χ3v) is 1.52. The summed E-state index contributed by atoms with van der Waals surface area (Å²) in [5.41, 5.74) is 4.99. The fourth-order valence-electron chi connectivity index (χ4n) is 0.206. The van der Waals surface area contributed by atoms with Crippen LogP contribution in [0.5, 0.6) is 0 Å². The molecule has 5 N–H and O–H groups in total. The lowest BCUT2D eigenvalue weighted by Crippen LogP contribution is -2.19. The molecule has 0 spiro atoms. The van der Waals surface area contributed by atoms with Gasteiger partial charge >= 0.3 is 17.9 Å². The number of rotatable bonds is 4. The molecule has 0 aliphatic carbocycles. The number of hydrogen-bond donors (Lipinski definition) is 4. The predicted molar refractivity (Wildman–Crippen MR) is 50.3 cm³/mol. The fraction of sp³-hybridized carbons (Fsp3) is 0.625. The Hall–Kier alpha value is -1.63. The summed E-state index contributed by atoms with van der Waals surface area (Å²) < 4.78 is 0. The van der Waals surface area contributed by atoms with Crippen molar-refractivity contribution in [2.45, 2.75) is 13.8 Å². The number of nitrogens with two attached hydrogens (primary N) is 1. The van der Waals surface area contributed by atoms with Crippen molar-refractivity contribution in [3.63, 3.8) is 0 Å². The Kier molecular flexibility index (Phi) is 8.17. The van der Waals surface area contributed by atoms with Gasteiger partial charge in [0.2, 0.25) is 0 Å². The second kappa shape index (κ2) is 7.74. The van der Waals surface area contributed by atoms with Gasteiger partial charge in [-0.2, -0.15) is 0 Å². The quantitative estimate of drug-likeness (QED) is 0.467. The highest BCUT2D eigenvalue weighted by Crippen LogP contribution is 1.91. The Bertz CT molecular complexity index is 225. The Morgan fingerprint density at radius 3 is 1.33 bits per heavy atom. The van der Waals surface area contributed by atoms with Crippen molar-refractivity contribution in [3.8, 4) is 0 Å². The summed E-state index contributed by atoms with van der Waals surface area (Å²) in [6.45, 7) is 2.91. The Balaban J connectivity index is 0. The minimum absolute atomic E-state index is 0.218. The van der Waals surface area contributed by atoms with Gasteiger partial charge < -0.3 is 21.1 Å². The molecule has 0 amide bonds. The maximum atomic E-state index is 9.85. The molecule has 0 radical (unpaired) electrons. The van der Waals surface area contributed by atoms with Crippen LogP contribution in [-0.4, -0.2) is 39.8 Å². The van der Waals surface area contributed by atoms with Gasteiger partial charge in [-0.05, 0) is 6.92 Å². The van der Waals surface area contributed by atoms with Crippen molar-refractivity contribution in [3.05, 3.63) is 0 Å². The van der Waals surface area contributed by atoms with Gasteiger partial charge in [-0.1, -0.05) is 6.92 Å². The largest absolute Gasteiger partial charge is 0.481 e. The molecule has 0 aromatic rings. The highest BCUT2D eigenvalue weighted by atomic mass is 16.4. The summed E-state index contributed by atoms with van der Waals surface area (Å²) in [5, 5.41) is 24.0. The molecular weight excluding hydrogens is 206 g/mol. The SMILES string of the molecule is CC(C(=O)O)C(=O)O.CC(CN)C(=O)O. The van der Waals surface area contributed by atoms with Crippen LogP contribution in [0.15, 0.2) is 0 Å². The van der Waals surface area contributed by atoms with Gasteiger partial charge in [0.15, 0.2) is 5.92 Å². The van der Waals surface area contributed by atoms with Crippen LogP contribution in [0.3, 0.4) is 0 Å². The van der Waals surface area contributed by atoms with Crippen LogP contribution in [0, 0.1) is 11.8 Å². The van der Waals surface area contributed by atoms with Gasteiger partial charge in [-0.15, -0.1) is 0 Å². The summed E-state index contributed by atoms with van der Waals surface area (Å²) in [7, 11) is 0. The van der Waals surface area contributed by atoms with Gasteiger partial charge in [0.25, 0.3) is 0 Å². The Morgan fingerprint density at radius 2 is 1.33 bits per heavy atom. The molecule has 7 nitrogen and oxygen atoms in total. The molecule has 0 saturated heterocycles. The summed E-state index contributed by atoms with van der Waals surface area (Å²) in [4.78, 5) is 29.4. The van der Waals surface area contributed by atoms with E-state index in [-0.39, 0.29) is 6.54 Å². The van der Waals surface area contributed by atoms with E-state index in [2.05, 4.69) is 0 Å². The Labute approximate surface area is 86.5 Å². The summed E-state index contributed by atoms with van der Waals surface area (Å²) in [6, 6.07) is 0. The van der Waals surface area contributed by atoms with Gasteiger partial charge in [0.05, 0.1) is 5.92 Å². The smallest absolute Gasteiger partial charge is 0.317 e. The lowest BCUT2D eigenvalue weighted by atomic mass is 10.2. The molecule has 0 heterocycles. The molecule has 7 heteroatoms. The highest BCUT2D eigenvalue weighted by molar-refractivity contribution is 5.92. The van der Waals surface area contributed by atoms with Crippen LogP contribution in [0.4, 0.5) is 0 Å². The molecule has 0 aliphatic rings. The van der Waals surface area contributed by atoms with E-state index in [1.165, 1.54) is 0 Å². The predicted octanol–water partition coefficient (Wildman–Crippen LogP) is -0.542. The zero-order valence-corrected chi connectivity index (χ0v) is 8.51. The molecule has 1 unspecified atom stereocenters.